The number of ether oxygens (including phenoxy) is 2. The standard InChI is InChI=1S/C9H12O5/c1-3-13-9(12)7-4-6(5(2)10)8(11)14-7/h6-7H,3-4H2,1-2H3. The van der Waals surface area contributed by atoms with Gasteiger partial charge in [0.25, 0.3) is 0 Å². The maximum absolute atomic E-state index is 11.1. The molecule has 0 amide bonds. The first-order chi connectivity index (χ1) is 6.56. The molecule has 0 spiro atoms. The maximum atomic E-state index is 11.1. The van der Waals surface area contributed by atoms with Crippen molar-refractivity contribution >= 4 is 17.7 Å². The van der Waals surface area contributed by atoms with Gasteiger partial charge in [-0.05, 0) is 13.8 Å². The highest BCUT2D eigenvalue weighted by atomic mass is 16.6. The van der Waals surface area contributed by atoms with Gasteiger partial charge in [-0.2, -0.15) is 0 Å². The Morgan fingerprint density at radius 3 is 2.64 bits per heavy atom. The third kappa shape index (κ3) is 2.10. The van der Waals surface area contributed by atoms with Crippen molar-refractivity contribution in [2.45, 2.75) is 26.4 Å². The summed E-state index contributed by atoms with van der Waals surface area (Å²) in [4.78, 5) is 33.2. The number of hydrogen-bond acceptors (Lipinski definition) is 5. The second-order valence-corrected chi connectivity index (χ2v) is 3.08. The lowest BCUT2D eigenvalue weighted by Gasteiger charge is -2.06. The molecule has 78 valence electrons. The first kappa shape index (κ1) is 10.7. The molecule has 2 atom stereocenters. The zero-order chi connectivity index (χ0) is 10.7. The van der Waals surface area contributed by atoms with Gasteiger partial charge in [-0.25, -0.2) is 4.79 Å². The number of carbonyl (C=O) groups is 3. The lowest BCUT2D eigenvalue weighted by Crippen LogP contribution is -2.22. The van der Waals surface area contributed by atoms with E-state index in [9.17, 15) is 14.4 Å². The van der Waals surface area contributed by atoms with Gasteiger partial charge in [0.15, 0.2) is 6.10 Å². The van der Waals surface area contributed by atoms with Crippen LogP contribution < -0.4 is 0 Å². The quantitative estimate of drug-likeness (QED) is 0.476. The summed E-state index contributed by atoms with van der Waals surface area (Å²) in [6, 6.07) is 0. The smallest absolute Gasteiger partial charge is 0.347 e. The minimum Gasteiger partial charge on any atom is -0.463 e. The van der Waals surface area contributed by atoms with E-state index < -0.39 is 24.0 Å². The monoisotopic (exact) mass is 200 g/mol. The van der Waals surface area contributed by atoms with Gasteiger partial charge in [-0.15, -0.1) is 0 Å². The van der Waals surface area contributed by atoms with E-state index in [2.05, 4.69) is 4.74 Å². The Balaban J connectivity index is 2.58. The lowest BCUT2D eigenvalue weighted by atomic mass is 10.0. The molecule has 5 heteroatoms. The number of cyclic esters (lactones) is 1. The summed E-state index contributed by atoms with van der Waals surface area (Å²) in [5.74, 6) is -2.29. The first-order valence-electron chi connectivity index (χ1n) is 4.43. The lowest BCUT2D eigenvalue weighted by molar-refractivity contribution is -0.161. The molecule has 0 aromatic heterocycles. The Kier molecular flexibility index (Phi) is 3.22. The van der Waals surface area contributed by atoms with E-state index >= 15 is 0 Å². The van der Waals surface area contributed by atoms with Crippen LogP contribution in [-0.4, -0.2) is 30.4 Å². The molecule has 0 saturated carbocycles. The van der Waals surface area contributed by atoms with Crippen molar-refractivity contribution in [3.63, 3.8) is 0 Å². The average Bonchev–Trinajstić information content (AvgIpc) is 2.48. The molecule has 0 bridgehead atoms. The minimum absolute atomic E-state index is 0.104. The molecule has 0 aromatic rings. The molecule has 0 aliphatic carbocycles. The van der Waals surface area contributed by atoms with Crippen molar-refractivity contribution in [2.24, 2.45) is 5.92 Å². The molecule has 1 fully saturated rings. The molecule has 1 aliphatic heterocycles. The van der Waals surface area contributed by atoms with Crippen LogP contribution in [0.1, 0.15) is 20.3 Å². The zero-order valence-corrected chi connectivity index (χ0v) is 8.11. The van der Waals surface area contributed by atoms with Crippen molar-refractivity contribution in [2.75, 3.05) is 6.61 Å². The SMILES string of the molecule is CCOC(=O)C1CC(C(C)=O)C(=O)O1. The van der Waals surface area contributed by atoms with Crippen LogP contribution in [0.25, 0.3) is 0 Å². The molecule has 14 heavy (non-hydrogen) atoms. The van der Waals surface area contributed by atoms with Crippen LogP contribution in [-0.2, 0) is 23.9 Å². The molecule has 0 radical (unpaired) electrons. The van der Waals surface area contributed by atoms with Crippen molar-refractivity contribution in [1.29, 1.82) is 0 Å². The predicted molar refractivity (Wildman–Crippen MR) is 45.3 cm³/mol. The Labute approximate surface area is 81.4 Å². The highest BCUT2D eigenvalue weighted by Crippen LogP contribution is 2.22. The van der Waals surface area contributed by atoms with Crippen LogP contribution in [0.3, 0.4) is 0 Å². The summed E-state index contributed by atoms with van der Waals surface area (Å²) in [5, 5.41) is 0. The van der Waals surface area contributed by atoms with E-state index in [0.29, 0.717) is 0 Å². The number of hydrogen-bond donors (Lipinski definition) is 0. The highest BCUT2D eigenvalue weighted by Gasteiger charge is 2.41. The number of carbonyl (C=O) groups excluding carboxylic acids is 3. The number of Topliss-reactive ketones (excluding diaryl/α,β-unsaturated/α-hetero) is 1. The van der Waals surface area contributed by atoms with E-state index in [1.807, 2.05) is 0 Å². The highest BCUT2D eigenvalue weighted by molar-refractivity contribution is 6.00. The van der Waals surface area contributed by atoms with Gasteiger partial charge in [0.2, 0.25) is 0 Å². The van der Waals surface area contributed by atoms with Crippen molar-refractivity contribution in [1.82, 2.24) is 0 Å². The summed E-state index contributed by atoms with van der Waals surface area (Å²) in [7, 11) is 0. The molecule has 5 nitrogen and oxygen atoms in total. The largest absolute Gasteiger partial charge is 0.463 e. The fraction of sp³-hybridized carbons (Fsp3) is 0.667. The van der Waals surface area contributed by atoms with Gasteiger partial charge in [0.05, 0.1) is 6.61 Å². The van der Waals surface area contributed by atoms with Gasteiger partial charge in [0.1, 0.15) is 11.7 Å². The normalized spacial score (nSPS) is 25.7. The summed E-state index contributed by atoms with van der Waals surface area (Å²) < 4.78 is 9.39. The van der Waals surface area contributed by atoms with Crippen LogP contribution in [0.5, 0.6) is 0 Å². The minimum atomic E-state index is -0.906. The van der Waals surface area contributed by atoms with Crippen molar-refractivity contribution in [3.8, 4) is 0 Å². The zero-order valence-electron chi connectivity index (χ0n) is 8.11. The Bertz CT molecular complexity index is 270. The Morgan fingerprint density at radius 2 is 2.21 bits per heavy atom. The fourth-order valence-corrected chi connectivity index (χ4v) is 1.29. The first-order valence-corrected chi connectivity index (χ1v) is 4.43. The van der Waals surface area contributed by atoms with Crippen LogP contribution in [0.4, 0.5) is 0 Å². The Hall–Kier alpha value is -1.39. The van der Waals surface area contributed by atoms with Gasteiger partial charge in [-0.3, -0.25) is 9.59 Å². The van der Waals surface area contributed by atoms with Crippen molar-refractivity contribution < 1.29 is 23.9 Å². The summed E-state index contributed by atoms with van der Waals surface area (Å²) >= 11 is 0. The number of ketones is 1. The molecule has 0 N–H and O–H groups in total. The average molecular weight is 200 g/mol. The molecule has 1 aliphatic rings. The van der Waals surface area contributed by atoms with E-state index in [1.165, 1.54) is 6.92 Å². The van der Waals surface area contributed by atoms with Gasteiger partial charge in [0, 0.05) is 6.42 Å². The summed E-state index contributed by atoms with van der Waals surface area (Å²) in [6.07, 6.45) is -0.802. The van der Waals surface area contributed by atoms with Gasteiger partial charge >= 0.3 is 11.9 Å². The van der Waals surface area contributed by atoms with E-state index in [0.717, 1.165) is 0 Å². The summed E-state index contributed by atoms with van der Waals surface area (Å²) in [5.41, 5.74) is 0. The van der Waals surface area contributed by atoms with Gasteiger partial charge in [-0.1, -0.05) is 0 Å². The van der Waals surface area contributed by atoms with Gasteiger partial charge < -0.3 is 9.47 Å². The van der Waals surface area contributed by atoms with Crippen LogP contribution in [0.2, 0.25) is 0 Å². The van der Waals surface area contributed by atoms with Crippen LogP contribution >= 0.6 is 0 Å². The number of rotatable bonds is 3. The molecule has 1 saturated heterocycles. The predicted octanol–water partition coefficient (Wildman–Crippen LogP) is 0.0702. The molecular weight excluding hydrogens is 188 g/mol. The summed E-state index contributed by atoms with van der Waals surface area (Å²) in [6.45, 7) is 3.20. The molecule has 0 aromatic carbocycles. The third-order valence-corrected chi connectivity index (χ3v) is 2.03. The van der Waals surface area contributed by atoms with E-state index in [1.54, 1.807) is 6.92 Å². The molecule has 1 heterocycles. The number of esters is 2. The van der Waals surface area contributed by atoms with E-state index in [-0.39, 0.29) is 18.8 Å². The molecular formula is C9H12O5. The maximum Gasteiger partial charge on any atom is 0.347 e. The second kappa shape index (κ2) is 4.21. The molecule has 2 unspecified atom stereocenters. The second-order valence-electron chi connectivity index (χ2n) is 3.08. The van der Waals surface area contributed by atoms with Crippen LogP contribution in [0, 0.1) is 5.92 Å². The van der Waals surface area contributed by atoms with Crippen molar-refractivity contribution in [3.05, 3.63) is 0 Å². The third-order valence-electron chi connectivity index (χ3n) is 2.03. The topological polar surface area (TPSA) is 69.7 Å². The Morgan fingerprint density at radius 1 is 1.57 bits per heavy atom. The van der Waals surface area contributed by atoms with Crippen LogP contribution in [0.15, 0.2) is 0 Å². The molecule has 1 rings (SSSR count). The fourth-order valence-electron chi connectivity index (χ4n) is 1.29. The van der Waals surface area contributed by atoms with E-state index in [4.69, 9.17) is 4.74 Å².